The molecule has 4 unspecified atom stereocenters. The number of amides is 2. The van der Waals surface area contributed by atoms with E-state index in [0.29, 0.717) is 32.5 Å². The van der Waals surface area contributed by atoms with Crippen LogP contribution in [0, 0.1) is 0 Å². The lowest BCUT2D eigenvalue weighted by atomic mass is 10.0. The monoisotopic (exact) mass is 636 g/mol. The van der Waals surface area contributed by atoms with E-state index in [2.05, 4.69) is 28.9 Å². The van der Waals surface area contributed by atoms with Gasteiger partial charge in [-0.1, -0.05) is 37.5 Å². The number of carbonyl (C=O) groups excluding carboxylic acids is 4. The first-order valence-electron chi connectivity index (χ1n) is 17.0. The molecule has 0 aromatic heterocycles. The molecule has 0 bridgehead atoms. The lowest BCUT2D eigenvalue weighted by Crippen LogP contribution is -2.30. The molecular weight excluding hydrogens is 576 g/mol. The smallest absolute Gasteiger partial charge is 0.407 e. The maximum Gasteiger partial charge on any atom is 0.407 e. The van der Waals surface area contributed by atoms with Gasteiger partial charge in [0.1, 0.15) is 24.3 Å². The number of nitrogens with two attached hydrogens (primary N) is 2. The minimum Gasteiger partial charge on any atom is -0.447 e. The van der Waals surface area contributed by atoms with Crippen molar-refractivity contribution in [1.82, 2.24) is 10.6 Å². The van der Waals surface area contributed by atoms with Crippen LogP contribution >= 0.6 is 0 Å². The number of ketones is 2. The lowest BCUT2D eigenvalue weighted by Gasteiger charge is -2.16. The second kappa shape index (κ2) is 26.5. The lowest BCUT2D eigenvalue weighted by molar-refractivity contribution is -0.119. The Morgan fingerprint density at radius 1 is 0.689 bits per heavy atom. The van der Waals surface area contributed by atoms with E-state index in [1.54, 1.807) is 0 Å². The van der Waals surface area contributed by atoms with Crippen molar-refractivity contribution in [2.75, 3.05) is 26.3 Å². The molecule has 0 fully saturated rings. The first-order valence-corrected chi connectivity index (χ1v) is 17.0. The number of ether oxygens (including phenoxy) is 3. The number of alkyl carbamates (subject to hydrolysis) is 2. The summed E-state index contributed by atoms with van der Waals surface area (Å²) in [5.41, 5.74) is 11.3. The number of rotatable bonds is 17. The molecule has 11 heteroatoms. The summed E-state index contributed by atoms with van der Waals surface area (Å²) in [7, 11) is 0. The minimum absolute atomic E-state index is 0.00139. The molecule has 0 saturated carbocycles. The molecule has 0 radical (unpaired) electrons. The first-order chi connectivity index (χ1) is 21.7. The van der Waals surface area contributed by atoms with Crippen molar-refractivity contribution in [3.05, 3.63) is 24.3 Å². The van der Waals surface area contributed by atoms with Gasteiger partial charge in [-0.05, 0) is 103 Å². The zero-order valence-corrected chi connectivity index (χ0v) is 27.8. The Morgan fingerprint density at radius 3 is 1.76 bits per heavy atom. The van der Waals surface area contributed by atoms with Gasteiger partial charge < -0.3 is 36.3 Å². The van der Waals surface area contributed by atoms with Crippen molar-refractivity contribution < 1.29 is 33.4 Å². The molecule has 0 aliphatic heterocycles. The molecule has 2 rings (SSSR count). The summed E-state index contributed by atoms with van der Waals surface area (Å²) in [6.45, 7) is 4.74. The van der Waals surface area contributed by atoms with Crippen molar-refractivity contribution in [3.8, 4) is 0 Å². The largest absolute Gasteiger partial charge is 0.447 e. The highest BCUT2D eigenvalue weighted by Crippen LogP contribution is 2.15. The summed E-state index contributed by atoms with van der Waals surface area (Å²) in [6.07, 6.45) is 23.5. The number of Topliss-reactive ketones (excluding diaryl/α,β-unsaturated/α-hetero) is 2. The van der Waals surface area contributed by atoms with Gasteiger partial charge in [-0.15, -0.1) is 0 Å². The Kier molecular flexibility index (Phi) is 23.7. The second-order valence-corrected chi connectivity index (χ2v) is 11.9. The van der Waals surface area contributed by atoms with Crippen molar-refractivity contribution in [2.45, 2.75) is 141 Å². The van der Waals surface area contributed by atoms with Crippen LogP contribution in [0.5, 0.6) is 0 Å². The summed E-state index contributed by atoms with van der Waals surface area (Å²) in [5.74, 6) is 0.0138. The third-order valence-corrected chi connectivity index (χ3v) is 7.79. The molecule has 45 heavy (non-hydrogen) atoms. The standard InChI is InChI=1S/C18H32N2O4.C16H28N2O3/c1-15(21)17(19)11-7-8-12-20-18(22)24-14-13-23-16-9-5-3-2-4-6-10-16;1-13(19)15(17)11-7-8-12-18-16(20)21-14-9-5-3-2-4-6-10-14/h5,9,16-17H,2-4,6-8,10-14,19H2,1H3,(H,20,22);5,9,14-15H,2-4,6-8,10-12,17H2,1H3,(H,18,20)/b2*9-5+. The van der Waals surface area contributed by atoms with E-state index in [9.17, 15) is 19.2 Å². The van der Waals surface area contributed by atoms with Crippen LogP contribution in [0.1, 0.15) is 117 Å². The van der Waals surface area contributed by atoms with Gasteiger partial charge in [0.25, 0.3) is 0 Å². The molecule has 0 heterocycles. The van der Waals surface area contributed by atoms with Gasteiger partial charge in [-0.25, -0.2) is 9.59 Å². The van der Waals surface area contributed by atoms with E-state index < -0.39 is 12.1 Å². The highest BCUT2D eigenvalue weighted by Gasteiger charge is 2.13. The quantitative estimate of drug-likeness (QED) is 0.121. The molecule has 0 aromatic rings. The Hall–Kier alpha value is -2.76. The van der Waals surface area contributed by atoms with Gasteiger partial charge in [0, 0.05) is 13.1 Å². The Morgan fingerprint density at radius 2 is 1.20 bits per heavy atom. The Balaban J connectivity index is 0.000000454. The number of nitrogens with one attached hydrogen (secondary N) is 2. The highest BCUT2D eigenvalue weighted by molar-refractivity contribution is 5.81. The Bertz CT molecular complexity index is 896. The van der Waals surface area contributed by atoms with Crippen LogP contribution in [-0.4, -0.2) is 74.3 Å². The fourth-order valence-electron chi connectivity index (χ4n) is 4.82. The van der Waals surface area contributed by atoms with Crippen LogP contribution < -0.4 is 22.1 Å². The SMILES string of the molecule is CC(=O)C(N)CCCCNC(=O)OC1/C=C/CCCCC1.CC(=O)C(N)CCCCNC(=O)OCCOC1/C=C/CCCCC1. The van der Waals surface area contributed by atoms with Gasteiger partial charge in [0.05, 0.1) is 24.8 Å². The molecule has 2 amide bonds. The molecule has 258 valence electrons. The molecule has 6 N–H and O–H groups in total. The number of hydrogen-bond acceptors (Lipinski definition) is 9. The fourth-order valence-corrected chi connectivity index (χ4v) is 4.82. The van der Waals surface area contributed by atoms with Gasteiger partial charge >= 0.3 is 12.2 Å². The maximum absolute atomic E-state index is 11.7. The number of hydrogen-bond donors (Lipinski definition) is 4. The van der Waals surface area contributed by atoms with Gasteiger partial charge in [0.2, 0.25) is 0 Å². The fraction of sp³-hybridized carbons (Fsp3) is 0.765. The number of carbonyl (C=O) groups is 4. The first kappa shape index (κ1) is 40.3. The van der Waals surface area contributed by atoms with E-state index in [0.717, 1.165) is 57.8 Å². The summed E-state index contributed by atoms with van der Waals surface area (Å²) < 4.78 is 16.2. The molecule has 0 spiro atoms. The summed E-state index contributed by atoms with van der Waals surface area (Å²) >= 11 is 0. The van der Waals surface area contributed by atoms with Crippen molar-refractivity contribution in [1.29, 1.82) is 0 Å². The normalized spacial score (nSPS) is 21.1. The predicted octanol–water partition coefficient (Wildman–Crippen LogP) is 5.39. The average molecular weight is 637 g/mol. The summed E-state index contributed by atoms with van der Waals surface area (Å²) in [6, 6.07) is -0.770. The topological polar surface area (TPSA) is 172 Å². The Labute approximate surface area is 270 Å². The van der Waals surface area contributed by atoms with E-state index in [1.165, 1.54) is 46.0 Å². The van der Waals surface area contributed by atoms with Crippen molar-refractivity contribution in [3.63, 3.8) is 0 Å². The maximum atomic E-state index is 11.7. The van der Waals surface area contributed by atoms with Crippen LogP contribution in [0.3, 0.4) is 0 Å². The molecule has 0 saturated heterocycles. The van der Waals surface area contributed by atoms with Gasteiger partial charge in [-0.2, -0.15) is 0 Å². The third kappa shape index (κ3) is 23.3. The minimum atomic E-state index is -0.428. The number of allylic oxidation sites excluding steroid dienone is 2. The van der Waals surface area contributed by atoms with E-state index in [4.69, 9.17) is 25.7 Å². The second-order valence-electron chi connectivity index (χ2n) is 11.9. The number of unbranched alkanes of at least 4 members (excludes halogenated alkanes) is 2. The molecule has 2 aliphatic rings. The van der Waals surface area contributed by atoms with Crippen LogP contribution in [0.2, 0.25) is 0 Å². The van der Waals surface area contributed by atoms with Crippen LogP contribution in [0.25, 0.3) is 0 Å². The summed E-state index contributed by atoms with van der Waals surface area (Å²) in [5, 5.41) is 5.43. The van der Waals surface area contributed by atoms with Crippen molar-refractivity contribution >= 4 is 23.8 Å². The highest BCUT2D eigenvalue weighted by atomic mass is 16.6. The summed E-state index contributed by atoms with van der Waals surface area (Å²) in [4.78, 5) is 45.1. The molecule has 2 aliphatic carbocycles. The average Bonchev–Trinajstić information content (AvgIpc) is 2.97. The predicted molar refractivity (Wildman–Crippen MR) is 177 cm³/mol. The molecular formula is C34H60N4O7. The molecule has 11 nitrogen and oxygen atoms in total. The zero-order valence-electron chi connectivity index (χ0n) is 27.8. The van der Waals surface area contributed by atoms with E-state index >= 15 is 0 Å². The van der Waals surface area contributed by atoms with Crippen LogP contribution in [0.4, 0.5) is 9.59 Å². The van der Waals surface area contributed by atoms with E-state index in [-0.39, 0.29) is 42.5 Å². The third-order valence-electron chi connectivity index (χ3n) is 7.79. The van der Waals surface area contributed by atoms with Gasteiger partial charge in [0.15, 0.2) is 0 Å². The molecule has 0 aromatic carbocycles. The zero-order chi connectivity index (χ0) is 33.1. The van der Waals surface area contributed by atoms with Crippen molar-refractivity contribution in [2.24, 2.45) is 11.5 Å². The molecule has 4 atom stereocenters. The van der Waals surface area contributed by atoms with Gasteiger partial charge in [-0.3, -0.25) is 9.59 Å². The van der Waals surface area contributed by atoms with Crippen LogP contribution in [0.15, 0.2) is 24.3 Å². The van der Waals surface area contributed by atoms with E-state index in [1.807, 2.05) is 6.08 Å². The van der Waals surface area contributed by atoms with Crippen LogP contribution in [-0.2, 0) is 23.8 Å².